The normalized spacial score (nSPS) is 19.6. The van der Waals surface area contributed by atoms with Gasteiger partial charge in [0.2, 0.25) is 10.0 Å². The van der Waals surface area contributed by atoms with Crippen molar-refractivity contribution in [3.8, 4) is 0 Å². The van der Waals surface area contributed by atoms with Crippen molar-refractivity contribution in [1.82, 2.24) is 4.72 Å². The number of rotatable bonds is 4. The summed E-state index contributed by atoms with van der Waals surface area (Å²) in [4.78, 5) is 0. The van der Waals surface area contributed by atoms with Crippen LogP contribution in [0.1, 0.15) is 26.7 Å². The summed E-state index contributed by atoms with van der Waals surface area (Å²) in [7, 11) is -3.04. The number of halogens is 1. The lowest BCUT2D eigenvalue weighted by molar-refractivity contribution is 0.499. The molecule has 5 heteroatoms. The number of alkyl halides is 1. The van der Waals surface area contributed by atoms with E-state index in [2.05, 4.69) is 20.7 Å². The summed E-state index contributed by atoms with van der Waals surface area (Å²) in [6, 6.07) is 0. The first-order valence-corrected chi connectivity index (χ1v) is 6.63. The van der Waals surface area contributed by atoms with Crippen molar-refractivity contribution in [1.29, 1.82) is 0 Å². The second-order valence-electron chi connectivity index (χ2n) is 3.86. The molecular formula is C7H14BrNO2S. The maximum Gasteiger partial charge on any atom is 0.214 e. The highest BCUT2D eigenvalue weighted by Gasteiger charge is 2.38. The zero-order valence-electron chi connectivity index (χ0n) is 7.30. The number of sulfonamides is 1. The SMILES string of the molecule is CC(C)(CBr)NS(=O)(=O)C1CC1. The quantitative estimate of drug-likeness (QED) is 0.769. The molecule has 3 nitrogen and oxygen atoms in total. The Labute approximate surface area is 82.1 Å². The molecule has 0 heterocycles. The fourth-order valence-electron chi connectivity index (χ4n) is 0.874. The molecule has 0 atom stereocenters. The molecule has 0 saturated heterocycles. The summed E-state index contributed by atoms with van der Waals surface area (Å²) < 4.78 is 25.5. The average molecular weight is 256 g/mol. The molecule has 0 aromatic rings. The van der Waals surface area contributed by atoms with Crippen LogP contribution in [0, 0.1) is 0 Å². The molecule has 0 radical (unpaired) electrons. The highest BCUT2D eigenvalue weighted by atomic mass is 79.9. The summed E-state index contributed by atoms with van der Waals surface area (Å²) in [6.07, 6.45) is 1.63. The molecule has 1 aliphatic rings. The lowest BCUT2D eigenvalue weighted by Gasteiger charge is -2.22. The molecule has 0 aromatic heterocycles. The molecular weight excluding hydrogens is 242 g/mol. The molecule has 1 N–H and O–H groups in total. The van der Waals surface area contributed by atoms with Crippen LogP contribution in [-0.2, 0) is 10.0 Å². The van der Waals surface area contributed by atoms with E-state index in [1.165, 1.54) is 0 Å². The molecule has 0 spiro atoms. The van der Waals surface area contributed by atoms with E-state index in [1.807, 2.05) is 13.8 Å². The van der Waals surface area contributed by atoms with Crippen LogP contribution < -0.4 is 4.72 Å². The number of hydrogen-bond acceptors (Lipinski definition) is 2. The number of hydrogen-bond donors (Lipinski definition) is 1. The molecule has 1 aliphatic carbocycles. The van der Waals surface area contributed by atoms with Crippen LogP contribution in [0.5, 0.6) is 0 Å². The standard InChI is InChI=1S/C7H14BrNO2S/c1-7(2,5-8)9-12(10,11)6-3-4-6/h6,9H,3-5H2,1-2H3. The van der Waals surface area contributed by atoms with Gasteiger partial charge in [0.1, 0.15) is 0 Å². The minimum Gasteiger partial charge on any atom is -0.212 e. The first-order valence-electron chi connectivity index (χ1n) is 3.96. The van der Waals surface area contributed by atoms with E-state index in [0.29, 0.717) is 5.33 Å². The minimum absolute atomic E-state index is 0.129. The Morgan fingerprint density at radius 3 is 2.33 bits per heavy atom. The van der Waals surface area contributed by atoms with Crippen LogP contribution in [0.2, 0.25) is 0 Å². The Hall–Kier alpha value is 0.390. The van der Waals surface area contributed by atoms with Crippen molar-refractivity contribution < 1.29 is 8.42 Å². The molecule has 1 rings (SSSR count). The van der Waals surface area contributed by atoms with E-state index in [4.69, 9.17) is 0 Å². The lowest BCUT2D eigenvalue weighted by Crippen LogP contribution is -2.46. The van der Waals surface area contributed by atoms with Crippen molar-refractivity contribution in [2.45, 2.75) is 37.5 Å². The van der Waals surface area contributed by atoms with Crippen LogP contribution in [0.15, 0.2) is 0 Å². The van der Waals surface area contributed by atoms with Gasteiger partial charge in [-0.05, 0) is 26.7 Å². The van der Waals surface area contributed by atoms with E-state index in [9.17, 15) is 8.42 Å². The third kappa shape index (κ3) is 2.71. The molecule has 0 bridgehead atoms. The maximum absolute atomic E-state index is 11.4. The summed E-state index contributed by atoms with van der Waals surface area (Å²) in [6.45, 7) is 3.73. The van der Waals surface area contributed by atoms with Crippen molar-refractivity contribution in [3.05, 3.63) is 0 Å². The van der Waals surface area contributed by atoms with Crippen molar-refractivity contribution in [3.63, 3.8) is 0 Å². The molecule has 0 unspecified atom stereocenters. The van der Waals surface area contributed by atoms with Crippen LogP contribution >= 0.6 is 15.9 Å². The van der Waals surface area contributed by atoms with Gasteiger partial charge < -0.3 is 0 Å². The van der Waals surface area contributed by atoms with Gasteiger partial charge >= 0.3 is 0 Å². The van der Waals surface area contributed by atoms with Gasteiger partial charge in [-0.2, -0.15) is 0 Å². The van der Waals surface area contributed by atoms with Crippen LogP contribution in [0.25, 0.3) is 0 Å². The monoisotopic (exact) mass is 255 g/mol. The Morgan fingerprint density at radius 1 is 1.50 bits per heavy atom. The van der Waals surface area contributed by atoms with Gasteiger partial charge in [-0.3, -0.25) is 0 Å². The molecule has 72 valence electrons. The second kappa shape index (κ2) is 3.27. The van der Waals surface area contributed by atoms with Crippen molar-refractivity contribution in [2.24, 2.45) is 0 Å². The van der Waals surface area contributed by atoms with E-state index in [-0.39, 0.29) is 10.8 Å². The Balaban J connectivity index is 2.60. The summed E-state index contributed by atoms with van der Waals surface area (Å²) in [5, 5.41) is 0.502. The van der Waals surface area contributed by atoms with Gasteiger partial charge in [0, 0.05) is 10.9 Å². The fourth-order valence-corrected chi connectivity index (χ4v) is 2.97. The molecule has 1 fully saturated rings. The van der Waals surface area contributed by atoms with E-state index >= 15 is 0 Å². The van der Waals surface area contributed by atoms with Crippen LogP contribution in [0.3, 0.4) is 0 Å². The van der Waals surface area contributed by atoms with E-state index in [0.717, 1.165) is 12.8 Å². The van der Waals surface area contributed by atoms with Crippen LogP contribution in [-0.4, -0.2) is 24.5 Å². The first-order chi connectivity index (χ1) is 5.37. The smallest absolute Gasteiger partial charge is 0.212 e. The molecule has 1 saturated carbocycles. The average Bonchev–Trinajstić information content (AvgIpc) is 2.65. The van der Waals surface area contributed by atoms with Gasteiger partial charge in [0.15, 0.2) is 0 Å². The minimum atomic E-state index is -3.04. The Morgan fingerprint density at radius 2 is 2.00 bits per heavy atom. The number of nitrogens with one attached hydrogen (secondary N) is 1. The lowest BCUT2D eigenvalue weighted by atomic mass is 10.1. The van der Waals surface area contributed by atoms with Crippen molar-refractivity contribution >= 4 is 26.0 Å². The Kier molecular flexibility index (Phi) is 2.85. The topological polar surface area (TPSA) is 46.2 Å². The third-order valence-electron chi connectivity index (χ3n) is 1.72. The highest BCUT2D eigenvalue weighted by Crippen LogP contribution is 2.28. The zero-order valence-corrected chi connectivity index (χ0v) is 9.70. The van der Waals surface area contributed by atoms with Gasteiger partial charge in [-0.1, -0.05) is 15.9 Å². The predicted molar refractivity (Wildman–Crippen MR) is 53.0 cm³/mol. The predicted octanol–water partition coefficient (Wildman–Crippen LogP) is 1.24. The van der Waals surface area contributed by atoms with Crippen LogP contribution in [0.4, 0.5) is 0 Å². The van der Waals surface area contributed by atoms with Gasteiger partial charge in [-0.15, -0.1) is 0 Å². The Bertz CT molecular complexity index is 257. The summed E-state index contributed by atoms with van der Waals surface area (Å²) in [5.74, 6) is 0. The molecule has 0 aliphatic heterocycles. The first kappa shape index (κ1) is 10.5. The van der Waals surface area contributed by atoms with Gasteiger partial charge in [0.25, 0.3) is 0 Å². The third-order valence-corrected chi connectivity index (χ3v) is 5.30. The molecule has 12 heavy (non-hydrogen) atoms. The maximum atomic E-state index is 11.4. The second-order valence-corrected chi connectivity index (χ2v) is 6.39. The summed E-state index contributed by atoms with van der Waals surface area (Å²) >= 11 is 3.27. The summed E-state index contributed by atoms with van der Waals surface area (Å²) in [5.41, 5.74) is -0.374. The van der Waals surface area contributed by atoms with E-state index in [1.54, 1.807) is 0 Å². The van der Waals surface area contributed by atoms with Gasteiger partial charge in [-0.25, -0.2) is 13.1 Å². The van der Waals surface area contributed by atoms with Gasteiger partial charge in [0.05, 0.1) is 5.25 Å². The molecule has 0 amide bonds. The van der Waals surface area contributed by atoms with Crippen molar-refractivity contribution in [2.75, 3.05) is 5.33 Å². The highest BCUT2D eigenvalue weighted by molar-refractivity contribution is 9.09. The largest absolute Gasteiger partial charge is 0.214 e. The van der Waals surface area contributed by atoms with E-state index < -0.39 is 10.0 Å². The fraction of sp³-hybridized carbons (Fsp3) is 1.00. The zero-order chi connectivity index (χ0) is 9.41. The molecule has 0 aromatic carbocycles.